The third-order valence-corrected chi connectivity index (χ3v) is 2.27. The molecular formula is C13H18N2. The summed E-state index contributed by atoms with van der Waals surface area (Å²) in [5.41, 5.74) is 3.44. The van der Waals surface area contributed by atoms with Crippen LogP contribution < -0.4 is 0 Å². The summed E-state index contributed by atoms with van der Waals surface area (Å²) in [5.74, 6) is 0. The number of hydrogen-bond donors (Lipinski definition) is 0. The lowest BCUT2D eigenvalue weighted by Gasteiger charge is -2.02. The highest BCUT2D eigenvalue weighted by molar-refractivity contribution is 5.63. The van der Waals surface area contributed by atoms with Crippen molar-refractivity contribution in [2.45, 2.75) is 26.7 Å². The molecule has 0 aromatic heterocycles. The quantitative estimate of drug-likeness (QED) is 0.657. The van der Waals surface area contributed by atoms with Gasteiger partial charge in [-0.15, -0.1) is 0 Å². The van der Waals surface area contributed by atoms with Gasteiger partial charge in [0.1, 0.15) is 0 Å². The highest BCUT2D eigenvalue weighted by atomic mass is 15.1. The minimum absolute atomic E-state index is 0.931. The molecule has 2 nitrogen and oxygen atoms in total. The number of aryl methyl sites for hydroxylation is 1. The number of benzene rings is 1. The van der Waals surface area contributed by atoms with Crippen molar-refractivity contribution in [2.24, 2.45) is 10.2 Å². The van der Waals surface area contributed by atoms with Crippen LogP contribution in [0, 0.1) is 0 Å². The van der Waals surface area contributed by atoms with Crippen molar-refractivity contribution in [3.63, 3.8) is 0 Å². The minimum Gasteiger partial charge on any atom is -0.192 e. The molecule has 0 aliphatic rings. The zero-order chi connectivity index (χ0) is 11.1. The second-order valence-corrected chi connectivity index (χ2v) is 3.42. The maximum Gasteiger partial charge on any atom is 0.0882 e. The van der Waals surface area contributed by atoms with Gasteiger partial charge in [0.25, 0.3) is 0 Å². The van der Waals surface area contributed by atoms with Crippen molar-refractivity contribution in [1.82, 2.24) is 0 Å². The summed E-state index contributed by atoms with van der Waals surface area (Å²) in [5, 5.41) is 7.87. The van der Waals surface area contributed by atoms with E-state index in [9.17, 15) is 0 Å². The van der Waals surface area contributed by atoms with E-state index in [2.05, 4.69) is 41.4 Å². The first-order valence-electron chi connectivity index (χ1n) is 5.37. The molecule has 0 N–H and O–H groups in total. The summed E-state index contributed by atoms with van der Waals surface area (Å²) in [4.78, 5) is 0. The average molecular weight is 202 g/mol. The Bertz CT molecular complexity index is 347. The van der Waals surface area contributed by atoms with E-state index in [1.54, 1.807) is 7.05 Å². The lowest BCUT2D eigenvalue weighted by Crippen LogP contribution is -1.85. The van der Waals surface area contributed by atoms with Crippen LogP contribution in [0.4, 0.5) is 0 Å². The second-order valence-electron chi connectivity index (χ2n) is 3.42. The number of nitrogens with zero attached hydrogens (tertiary/aromatic N) is 2. The van der Waals surface area contributed by atoms with E-state index in [-0.39, 0.29) is 0 Å². The van der Waals surface area contributed by atoms with Crippen LogP contribution in [0.3, 0.4) is 0 Å². The molecule has 1 aromatic carbocycles. The van der Waals surface area contributed by atoms with Crippen molar-refractivity contribution in [3.05, 3.63) is 41.5 Å². The summed E-state index contributed by atoms with van der Waals surface area (Å²) in [6.07, 6.45) is 4.30. The monoisotopic (exact) mass is 202 g/mol. The molecule has 0 unspecified atom stereocenters. The summed E-state index contributed by atoms with van der Waals surface area (Å²) in [6.45, 7) is 4.17. The molecule has 2 heteroatoms. The topological polar surface area (TPSA) is 24.7 Å². The highest BCUT2D eigenvalue weighted by Crippen LogP contribution is 2.17. The van der Waals surface area contributed by atoms with Crippen molar-refractivity contribution in [2.75, 3.05) is 7.05 Å². The lowest BCUT2D eigenvalue weighted by molar-refractivity contribution is 0.921. The van der Waals surface area contributed by atoms with E-state index >= 15 is 0 Å². The standard InChI is InChI=1S/C13H18N2/c1-4-6-11-7-9-12(10-8-11)13(5-2)15-14-3/h5,7-10H,4,6H2,1-3H3/b13-5-,15-14?. The first-order valence-corrected chi connectivity index (χ1v) is 5.37. The largest absolute Gasteiger partial charge is 0.192 e. The average Bonchev–Trinajstić information content (AvgIpc) is 2.28. The predicted molar refractivity (Wildman–Crippen MR) is 64.9 cm³/mol. The van der Waals surface area contributed by atoms with E-state index in [4.69, 9.17) is 0 Å². The van der Waals surface area contributed by atoms with Crippen molar-refractivity contribution in [1.29, 1.82) is 0 Å². The molecule has 0 fully saturated rings. The molecule has 0 bridgehead atoms. The van der Waals surface area contributed by atoms with Crippen molar-refractivity contribution < 1.29 is 0 Å². The van der Waals surface area contributed by atoms with Gasteiger partial charge in [0.2, 0.25) is 0 Å². The zero-order valence-corrected chi connectivity index (χ0v) is 9.70. The smallest absolute Gasteiger partial charge is 0.0882 e. The van der Waals surface area contributed by atoms with Gasteiger partial charge in [-0.3, -0.25) is 0 Å². The molecule has 80 valence electrons. The Morgan fingerprint density at radius 1 is 1.27 bits per heavy atom. The van der Waals surface area contributed by atoms with E-state index in [1.165, 1.54) is 12.0 Å². The number of azo groups is 1. The Labute approximate surface area is 91.7 Å². The molecule has 1 rings (SSSR count). The Morgan fingerprint density at radius 3 is 2.40 bits per heavy atom. The van der Waals surface area contributed by atoms with Gasteiger partial charge in [-0.05, 0) is 18.9 Å². The van der Waals surface area contributed by atoms with Gasteiger partial charge < -0.3 is 0 Å². The number of allylic oxidation sites excluding steroid dienone is 1. The lowest BCUT2D eigenvalue weighted by atomic mass is 10.1. The number of hydrogen-bond acceptors (Lipinski definition) is 2. The van der Waals surface area contributed by atoms with E-state index < -0.39 is 0 Å². The van der Waals surface area contributed by atoms with Crippen LogP contribution in [0.25, 0.3) is 5.70 Å². The molecule has 0 spiro atoms. The molecule has 0 aliphatic heterocycles. The minimum atomic E-state index is 0.931. The van der Waals surface area contributed by atoms with Crippen LogP contribution in [-0.4, -0.2) is 7.05 Å². The zero-order valence-electron chi connectivity index (χ0n) is 9.70. The summed E-state index contributed by atoms with van der Waals surface area (Å²) >= 11 is 0. The molecule has 1 aromatic rings. The first-order chi connectivity index (χ1) is 7.31. The number of rotatable bonds is 4. The van der Waals surface area contributed by atoms with E-state index in [1.807, 2.05) is 13.0 Å². The fraction of sp³-hybridized carbons (Fsp3) is 0.385. The van der Waals surface area contributed by atoms with Gasteiger partial charge in [0.05, 0.1) is 5.70 Å². The first kappa shape index (κ1) is 11.6. The maximum atomic E-state index is 4.07. The van der Waals surface area contributed by atoms with Gasteiger partial charge in [0.15, 0.2) is 0 Å². The van der Waals surface area contributed by atoms with Crippen LogP contribution in [0.2, 0.25) is 0 Å². The summed E-state index contributed by atoms with van der Waals surface area (Å²) in [6, 6.07) is 8.53. The van der Waals surface area contributed by atoms with Crippen molar-refractivity contribution in [3.8, 4) is 0 Å². The van der Waals surface area contributed by atoms with Crippen LogP contribution in [0.5, 0.6) is 0 Å². The molecule has 0 heterocycles. The van der Waals surface area contributed by atoms with Gasteiger partial charge in [-0.25, -0.2) is 0 Å². The van der Waals surface area contributed by atoms with Gasteiger partial charge in [0, 0.05) is 12.6 Å². The Balaban J connectivity index is 2.87. The highest BCUT2D eigenvalue weighted by Gasteiger charge is 1.98. The molecule has 0 aliphatic carbocycles. The molecule has 0 amide bonds. The maximum absolute atomic E-state index is 4.07. The predicted octanol–water partition coefficient (Wildman–Crippen LogP) is 4.08. The molecule has 0 atom stereocenters. The molecular weight excluding hydrogens is 184 g/mol. The summed E-state index contributed by atoms with van der Waals surface area (Å²) in [7, 11) is 1.69. The van der Waals surface area contributed by atoms with Crippen molar-refractivity contribution >= 4 is 5.70 Å². The second kappa shape index (κ2) is 6.12. The van der Waals surface area contributed by atoms with Gasteiger partial charge in [-0.1, -0.05) is 43.7 Å². The van der Waals surface area contributed by atoms with Crippen LogP contribution in [0.15, 0.2) is 40.6 Å². The molecule has 0 radical (unpaired) electrons. The SMILES string of the molecule is C/C=C(\N=NC)c1ccc(CCC)cc1. The Kier molecular flexibility index (Phi) is 4.75. The van der Waals surface area contributed by atoms with Gasteiger partial charge in [-0.2, -0.15) is 10.2 Å². The molecule has 0 saturated heterocycles. The van der Waals surface area contributed by atoms with Crippen LogP contribution in [0.1, 0.15) is 31.4 Å². The molecule has 15 heavy (non-hydrogen) atoms. The van der Waals surface area contributed by atoms with E-state index in [0.717, 1.165) is 17.7 Å². The van der Waals surface area contributed by atoms with Crippen LogP contribution in [-0.2, 0) is 6.42 Å². The van der Waals surface area contributed by atoms with E-state index in [0.29, 0.717) is 0 Å². The third kappa shape index (κ3) is 3.31. The normalized spacial score (nSPS) is 12.3. The summed E-state index contributed by atoms with van der Waals surface area (Å²) < 4.78 is 0. The fourth-order valence-corrected chi connectivity index (χ4v) is 1.52. The third-order valence-electron chi connectivity index (χ3n) is 2.27. The van der Waals surface area contributed by atoms with Gasteiger partial charge >= 0.3 is 0 Å². The Hall–Kier alpha value is -1.44. The Morgan fingerprint density at radius 2 is 1.93 bits per heavy atom. The molecule has 0 saturated carbocycles. The van der Waals surface area contributed by atoms with Crippen LogP contribution >= 0.6 is 0 Å². The fourth-order valence-electron chi connectivity index (χ4n) is 1.52.